The minimum absolute atomic E-state index is 0.0138. The number of benzene rings is 2. The van der Waals surface area contributed by atoms with E-state index in [1.165, 1.54) is 0 Å². The number of anilines is 1. The molecule has 4 rings (SSSR count). The third-order valence-electron chi connectivity index (χ3n) is 5.98. The molecule has 0 saturated carbocycles. The molecule has 0 aliphatic carbocycles. The Morgan fingerprint density at radius 3 is 2.38 bits per heavy atom. The third kappa shape index (κ3) is 4.91. The standard InChI is InChI=1S/C24H27N3O5/c1-31-20-11-13-26(14-12-20)19-9-7-18(8-10-19)23(29)25-21(17-5-3-2-4-6-17)15-27-22(28)16-32-24(27)30/h2-10,20-21H,11-16H2,1H3,(H,25,29). The van der Waals surface area contributed by atoms with Gasteiger partial charge >= 0.3 is 6.09 Å². The first-order valence-corrected chi connectivity index (χ1v) is 10.8. The topological polar surface area (TPSA) is 88.2 Å². The number of methoxy groups -OCH3 is 1. The zero-order valence-corrected chi connectivity index (χ0v) is 18.0. The van der Waals surface area contributed by atoms with Crippen molar-refractivity contribution in [3.8, 4) is 0 Å². The molecular formula is C24H27N3O5. The number of carbonyl (C=O) groups excluding carboxylic acids is 3. The Labute approximate surface area is 187 Å². The van der Waals surface area contributed by atoms with E-state index in [0.717, 1.165) is 42.1 Å². The molecule has 3 amide bonds. The summed E-state index contributed by atoms with van der Waals surface area (Å²) in [6.07, 6.45) is 1.59. The van der Waals surface area contributed by atoms with E-state index in [0.29, 0.717) is 11.7 Å². The summed E-state index contributed by atoms with van der Waals surface area (Å²) in [6, 6.07) is 16.2. The maximum absolute atomic E-state index is 13.0. The van der Waals surface area contributed by atoms with Crippen molar-refractivity contribution in [1.29, 1.82) is 0 Å². The lowest BCUT2D eigenvalue weighted by molar-refractivity contribution is -0.126. The Balaban J connectivity index is 1.45. The molecule has 1 unspecified atom stereocenters. The molecule has 32 heavy (non-hydrogen) atoms. The quantitative estimate of drug-likeness (QED) is 0.717. The average Bonchev–Trinajstić information content (AvgIpc) is 3.16. The number of hydrogen-bond acceptors (Lipinski definition) is 6. The van der Waals surface area contributed by atoms with Gasteiger partial charge in [0, 0.05) is 31.5 Å². The molecule has 2 heterocycles. The summed E-state index contributed by atoms with van der Waals surface area (Å²) in [5.74, 6) is -0.685. The predicted octanol–water partition coefficient (Wildman–Crippen LogP) is 2.75. The van der Waals surface area contributed by atoms with Gasteiger partial charge in [-0.2, -0.15) is 0 Å². The van der Waals surface area contributed by atoms with Gasteiger partial charge in [0.15, 0.2) is 6.61 Å². The molecule has 0 radical (unpaired) electrons. The lowest BCUT2D eigenvalue weighted by atomic mass is 10.0. The van der Waals surface area contributed by atoms with Crippen molar-refractivity contribution in [1.82, 2.24) is 10.2 Å². The lowest BCUT2D eigenvalue weighted by Gasteiger charge is -2.33. The highest BCUT2D eigenvalue weighted by Gasteiger charge is 2.33. The second-order valence-corrected chi connectivity index (χ2v) is 7.96. The number of carbonyl (C=O) groups is 3. The second-order valence-electron chi connectivity index (χ2n) is 7.96. The highest BCUT2D eigenvalue weighted by molar-refractivity contribution is 5.98. The number of imide groups is 1. The van der Waals surface area contributed by atoms with Crippen LogP contribution in [0.1, 0.15) is 34.8 Å². The fraction of sp³-hybridized carbons (Fsp3) is 0.375. The minimum Gasteiger partial charge on any atom is -0.439 e. The predicted molar refractivity (Wildman–Crippen MR) is 118 cm³/mol. The summed E-state index contributed by atoms with van der Waals surface area (Å²) in [5.41, 5.74) is 2.38. The van der Waals surface area contributed by atoms with Gasteiger partial charge in [0.25, 0.3) is 11.8 Å². The van der Waals surface area contributed by atoms with Crippen LogP contribution in [0.25, 0.3) is 0 Å². The Morgan fingerprint density at radius 1 is 1.09 bits per heavy atom. The van der Waals surface area contributed by atoms with E-state index < -0.39 is 18.0 Å². The molecule has 2 fully saturated rings. The minimum atomic E-state index is -0.688. The van der Waals surface area contributed by atoms with Crippen LogP contribution in [0, 0.1) is 0 Å². The first kappa shape index (κ1) is 21.8. The first-order chi connectivity index (χ1) is 15.5. The average molecular weight is 437 g/mol. The number of nitrogens with zero attached hydrogens (tertiary/aromatic N) is 2. The van der Waals surface area contributed by atoms with Crippen LogP contribution in [0.4, 0.5) is 10.5 Å². The second kappa shape index (κ2) is 9.82. The number of piperidine rings is 1. The van der Waals surface area contributed by atoms with Crippen LogP contribution in [0.15, 0.2) is 54.6 Å². The maximum Gasteiger partial charge on any atom is 0.417 e. The van der Waals surface area contributed by atoms with Crippen LogP contribution < -0.4 is 10.2 Å². The monoisotopic (exact) mass is 437 g/mol. The molecule has 8 heteroatoms. The first-order valence-electron chi connectivity index (χ1n) is 10.8. The summed E-state index contributed by atoms with van der Waals surface area (Å²) in [6.45, 7) is 1.58. The number of amides is 3. The Morgan fingerprint density at radius 2 is 1.78 bits per heavy atom. The number of ether oxygens (including phenoxy) is 2. The van der Waals surface area contributed by atoms with Gasteiger partial charge in [-0.1, -0.05) is 30.3 Å². The number of hydrogen-bond donors (Lipinski definition) is 1. The van der Waals surface area contributed by atoms with Crippen molar-refractivity contribution in [3.63, 3.8) is 0 Å². The van der Waals surface area contributed by atoms with Gasteiger partial charge in [-0.15, -0.1) is 0 Å². The van der Waals surface area contributed by atoms with Gasteiger partial charge < -0.3 is 19.7 Å². The molecule has 2 aromatic carbocycles. The van der Waals surface area contributed by atoms with E-state index in [-0.39, 0.29) is 19.1 Å². The molecule has 1 N–H and O–H groups in total. The molecule has 2 aliphatic heterocycles. The summed E-state index contributed by atoms with van der Waals surface area (Å²) >= 11 is 0. The van der Waals surface area contributed by atoms with Crippen LogP contribution in [-0.2, 0) is 14.3 Å². The Hall–Kier alpha value is -3.39. The lowest BCUT2D eigenvalue weighted by Crippen LogP contribution is -2.40. The van der Waals surface area contributed by atoms with E-state index >= 15 is 0 Å². The van der Waals surface area contributed by atoms with Crippen molar-refractivity contribution in [2.24, 2.45) is 0 Å². The van der Waals surface area contributed by atoms with Crippen LogP contribution in [0.2, 0.25) is 0 Å². The van der Waals surface area contributed by atoms with E-state index in [1.54, 1.807) is 19.2 Å². The van der Waals surface area contributed by atoms with E-state index in [1.807, 2.05) is 42.5 Å². The number of nitrogens with one attached hydrogen (secondary N) is 1. The van der Waals surface area contributed by atoms with Crippen molar-refractivity contribution in [3.05, 3.63) is 65.7 Å². The fourth-order valence-corrected chi connectivity index (χ4v) is 4.07. The molecule has 2 saturated heterocycles. The van der Waals surface area contributed by atoms with Crippen molar-refractivity contribution in [2.75, 3.05) is 38.3 Å². The summed E-state index contributed by atoms with van der Waals surface area (Å²) in [5, 5.41) is 2.96. The zero-order chi connectivity index (χ0) is 22.5. The molecule has 0 bridgehead atoms. The van der Waals surface area contributed by atoms with Crippen LogP contribution in [0.3, 0.4) is 0 Å². The normalized spacial score (nSPS) is 17.9. The highest BCUT2D eigenvalue weighted by Crippen LogP contribution is 2.23. The van der Waals surface area contributed by atoms with Crippen LogP contribution in [0.5, 0.6) is 0 Å². The number of rotatable bonds is 7. The van der Waals surface area contributed by atoms with Gasteiger partial charge in [0.05, 0.1) is 18.7 Å². The van der Waals surface area contributed by atoms with Crippen molar-refractivity contribution < 1.29 is 23.9 Å². The van der Waals surface area contributed by atoms with Gasteiger partial charge in [0.2, 0.25) is 0 Å². The largest absolute Gasteiger partial charge is 0.439 e. The van der Waals surface area contributed by atoms with Gasteiger partial charge in [-0.05, 0) is 42.7 Å². The SMILES string of the molecule is COC1CCN(c2ccc(C(=O)NC(CN3C(=O)COC3=O)c3ccccc3)cc2)CC1. The van der Waals surface area contributed by atoms with Gasteiger partial charge in [-0.25, -0.2) is 9.69 Å². The van der Waals surface area contributed by atoms with Gasteiger partial charge in [-0.3, -0.25) is 9.59 Å². The summed E-state index contributed by atoms with van der Waals surface area (Å²) < 4.78 is 10.2. The van der Waals surface area contributed by atoms with E-state index in [2.05, 4.69) is 10.2 Å². The molecule has 168 valence electrons. The molecular weight excluding hydrogens is 410 g/mol. The molecule has 0 aromatic heterocycles. The van der Waals surface area contributed by atoms with E-state index in [4.69, 9.17) is 9.47 Å². The molecule has 8 nitrogen and oxygen atoms in total. The molecule has 0 spiro atoms. The van der Waals surface area contributed by atoms with Crippen LogP contribution >= 0.6 is 0 Å². The zero-order valence-electron chi connectivity index (χ0n) is 18.0. The molecule has 2 aliphatic rings. The smallest absolute Gasteiger partial charge is 0.417 e. The van der Waals surface area contributed by atoms with Gasteiger partial charge in [0.1, 0.15) is 0 Å². The Kier molecular flexibility index (Phi) is 6.70. The van der Waals surface area contributed by atoms with Crippen molar-refractivity contribution >= 4 is 23.6 Å². The molecule has 1 atom stereocenters. The summed E-state index contributed by atoms with van der Waals surface area (Å²) in [7, 11) is 1.75. The van der Waals surface area contributed by atoms with Crippen molar-refractivity contribution in [2.45, 2.75) is 25.0 Å². The maximum atomic E-state index is 13.0. The summed E-state index contributed by atoms with van der Waals surface area (Å²) in [4.78, 5) is 40.2. The third-order valence-corrected chi connectivity index (χ3v) is 5.98. The number of cyclic esters (lactones) is 1. The fourth-order valence-electron chi connectivity index (χ4n) is 4.07. The molecule has 2 aromatic rings. The van der Waals surface area contributed by atoms with Crippen LogP contribution in [-0.4, -0.2) is 62.3 Å². The highest BCUT2D eigenvalue weighted by atomic mass is 16.6. The Bertz CT molecular complexity index is 939. The van der Waals surface area contributed by atoms with E-state index in [9.17, 15) is 14.4 Å².